The zero-order valence-electron chi connectivity index (χ0n) is 15.6. The van der Waals surface area contributed by atoms with Gasteiger partial charge in [0.1, 0.15) is 5.82 Å². The first-order chi connectivity index (χ1) is 13.9. The second-order valence-corrected chi connectivity index (χ2v) is 6.60. The van der Waals surface area contributed by atoms with Crippen LogP contribution in [0, 0.1) is 17.0 Å². The summed E-state index contributed by atoms with van der Waals surface area (Å²) in [6.07, 6.45) is 0. The highest BCUT2D eigenvalue weighted by molar-refractivity contribution is 6.33. The third kappa shape index (κ3) is 5.26. The Morgan fingerprint density at radius 2 is 1.90 bits per heavy atom. The van der Waals surface area contributed by atoms with Crippen LogP contribution < -0.4 is 10.6 Å². The van der Waals surface area contributed by atoms with Crippen molar-refractivity contribution in [3.8, 4) is 11.4 Å². The normalized spacial score (nSPS) is 10.4. The average molecular weight is 412 g/mol. The van der Waals surface area contributed by atoms with Crippen molar-refractivity contribution in [2.45, 2.75) is 6.92 Å². The molecule has 0 spiro atoms. The van der Waals surface area contributed by atoms with E-state index in [1.807, 2.05) is 6.92 Å². The lowest BCUT2D eigenvalue weighted by Crippen LogP contribution is -2.29. The molecule has 2 aromatic carbocycles. The molecule has 0 radical (unpaired) electrons. The quantitative estimate of drug-likeness (QED) is 0.347. The minimum Gasteiger partial charge on any atom is -0.368 e. The number of benzene rings is 2. The molecule has 0 fully saturated rings. The average Bonchev–Trinajstić information content (AvgIpc) is 2.71. The molecule has 0 aliphatic carbocycles. The summed E-state index contributed by atoms with van der Waals surface area (Å²) < 4.78 is 0. The summed E-state index contributed by atoms with van der Waals surface area (Å²) in [4.78, 5) is 31.4. The maximum atomic E-state index is 12.2. The van der Waals surface area contributed by atoms with Gasteiger partial charge in [-0.15, -0.1) is 0 Å². The molecule has 3 aromatic rings. The molecule has 0 bridgehead atoms. The third-order valence-corrected chi connectivity index (χ3v) is 4.33. The van der Waals surface area contributed by atoms with Crippen molar-refractivity contribution in [3.05, 3.63) is 81.0 Å². The molecule has 29 heavy (non-hydrogen) atoms. The molecule has 0 unspecified atom stereocenters. The van der Waals surface area contributed by atoms with Gasteiger partial charge in [0.05, 0.1) is 15.5 Å². The number of carbonyl (C=O) groups excluding carboxylic acids is 1. The number of anilines is 1. The Labute approximate surface area is 172 Å². The fourth-order valence-corrected chi connectivity index (χ4v) is 2.88. The van der Waals surface area contributed by atoms with Gasteiger partial charge in [-0.25, -0.2) is 9.97 Å². The van der Waals surface area contributed by atoms with Gasteiger partial charge in [-0.05, 0) is 19.1 Å². The lowest BCUT2D eigenvalue weighted by atomic mass is 10.2. The van der Waals surface area contributed by atoms with Gasteiger partial charge in [-0.3, -0.25) is 14.9 Å². The summed E-state index contributed by atoms with van der Waals surface area (Å²) >= 11 is 6.02. The molecule has 0 aliphatic heterocycles. The smallest absolute Gasteiger partial charge is 0.270 e. The van der Waals surface area contributed by atoms with Crippen LogP contribution in [-0.4, -0.2) is 33.9 Å². The van der Waals surface area contributed by atoms with Crippen molar-refractivity contribution in [1.82, 2.24) is 15.3 Å². The molecule has 148 valence electrons. The van der Waals surface area contributed by atoms with E-state index in [-0.39, 0.29) is 11.6 Å². The molecule has 0 saturated heterocycles. The van der Waals surface area contributed by atoms with Gasteiger partial charge in [0, 0.05) is 42.5 Å². The SMILES string of the molecule is Cc1cc(NCCNC(=O)c2ccccc2Cl)nc(-c2cccc([N+](=O)[O-])c2)n1. The van der Waals surface area contributed by atoms with Crippen LogP contribution in [0.2, 0.25) is 5.02 Å². The largest absolute Gasteiger partial charge is 0.368 e. The third-order valence-electron chi connectivity index (χ3n) is 4.00. The molecular weight excluding hydrogens is 394 g/mol. The predicted octanol–water partition coefficient (Wildman–Crippen LogP) is 3.86. The Balaban J connectivity index is 1.63. The molecular formula is C20H18ClN5O3. The van der Waals surface area contributed by atoms with Gasteiger partial charge in [-0.1, -0.05) is 35.9 Å². The maximum Gasteiger partial charge on any atom is 0.270 e. The van der Waals surface area contributed by atoms with E-state index in [2.05, 4.69) is 20.6 Å². The van der Waals surface area contributed by atoms with Gasteiger partial charge in [0.2, 0.25) is 0 Å². The number of amides is 1. The molecule has 8 nitrogen and oxygen atoms in total. The number of halogens is 1. The minimum absolute atomic E-state index is 0.0237. The van der Waals surface area contributed by atoms with Crippen molar-refractivity contribution in [2.75, 3.05) is 18.4 Å². The Kier molecular flexibility index (Phi) is 6.36. The summed E-state index contributed by atoms with van der Waals surface area (Å²) in [5.74, 6) is 0.691. The molecule has 1 amide bonds. The van der Waals surface area contributed by atoms with Crippen LogP contribution in [0.3, 0.4) is 0 Å². The van der Waals surface area contributed by atoms with E-state index in [4.69, 9.17) is 11.6 Å². The molecule has 1 heterocycles. The summed E-state index contributed by atoms with van der Waals surface area (Å²) in [6.45, 7) is 2.60. The number of nitrogens with zero attached hydrogens (tertiary/aromatic N) is 3. The van der Waals surface area contributed by atoms with Crippen LogP contribution in [-0.2, 0) is 0 Å². The Morgan fingerprint density at radius 1 is 1.10 bits per heavy atom. The number of hydrogen-bond donors (Lipinski definition) is 2. The Hall–Kier alpha value is -3.52. The van der Waals surface area contributed by atoms with Crippen molar-refractivity contribution in [3.63, 3.8) is 0 Å². The van der Waals surface area contributed by atoms with Gasteiger partial charge < -0.3 is 10.6 Å². The lowest BCUT2D eigenvalue weighted by Gasteiger charge is -2.10. The van der Waals surface area contributed by atoms with Crippen LogP contribution in [0.4, 0.5) is 11.5 Å². The van der Waals surface area contributed by atoms with Crippen LogP contribution in [0.5, 0.6) is 0 Å². The number of nitrogens with one attached hydrogen (secondary N) is 2. The molecule has 9 heteroatoms. The first kappa shape index (κ1) is 20.2. The van der Waals surface area contributed by atoms with E-state index >= 15 is 0 Å². The van der Waals surface area contributed by atoms with E-state index in [0.29, 0.717) is 46.6 Å². The van der Waals surface area contributed by atoms with Gasteiger partial charge in [0.15, 0.2) is 5.82 Å². The minimum atomic E-state index is -0.458. The van der Waals surface area contributed by atoms with Crippen LogP contribution in [0.1, 0.15) is 16.1 Å². The van der Waals surface area contributed by atoms with E-state index < -0.39 is 4.92 Å². The Bertz CT molecular complexity index is 1060. The zero-order chi connectivity index (χ0) is 20.8. The van der Waals surface area contributed by atoms with Gasteiger partial charge in [-0.2, -0.15) is 0 Å². The highest BCUT2D eigenvalue weighted by Gasteiger charge is 2.11. The zero-order valence-corrected chi connectivity index (χ0v) is 16.3. The van der Waals surface area contributed by atoms with Crippen LogP contribution in [0.25, 0.3) is 11.4 Å². The van der Waals surface area contributed by atoms with Gasteiger partial charge in [0.25, 0.3) is 11.6 Å². The number of rotatable bonds is 7. The van der Waals surface area contributed by atoms with E-state index in [0.717, 1.165) is 0 Å². The Morgan fingerprint density at radius 3 is 2.66 bits per heavy atom. The molecule has 0 atom stereocenters. The number of aromatic nitrogens is 2. The van der Waals surface area contributed by atoms with Crippen LogP contribution in [0.15, 0.2) is 54.6 Å². The van der Waals surface area contributed by atoms with Crippen molar-refractivity contribution < 1.29 is 9.72 Å². The summed E-state index contributed by atoms with van der Waals surface area (Å²) in [5, 5.41) is 17.3. The number of aryl methyl sites for hydroxylation is 1. The van der Waals surface area contributed by atoms with Crippen molar-refractivity contribution in [2.24, 2.45) is 0 Å². The fourth-order valence-electron chi connectivity index (χ4n) is 2.65. The fraction of sp³-hybridized carbons (Fsp3) is 0.150. The van der Waals surface area contributed by atoms with E-state index in [1.165, 1.54) is 12.1 Å². The predicted molar refractivity (Wildman–Crippen MR) is 111 cm³/mol. The van der Waals surface area contributed by atoms with E-state index in [1.54, 1.807) is 42.5 Å². The first-order valence-electron chi connectivity index (χ1n) is 8.81. The monoisotopic (exact) mass is 411 g/mol. The second kappa shape index (κ2) is 9.11. The summed E-state index contributed by atoms with van der Waals surface area (Å²) in [6, 6.07) is 14.7. The van der Waals surface area contributed by atoms with Crippen molar-refractivity contribution in [1.29, 1.82) is 0 Å². The topological polar surface area (TPSA) is 110 Å². The molecule has 2 N–H and O–H groups in total. The number of nitro groups is 1. The molecule has 0 aliphatic rings. The lowest BCUT2D eigenvalue weighted by molar-refractivity contribution is -0.384. The summed E-state index contributed by atoms with van der Waals surface area (Å²) in [7, 11) is 0. The standard InChI is InChI=1S/C20H18ClN5O3/c1-13-11-18(22-9-10-23-20(27)16-7-2-3-8-17(16)21)25-19(24-13)14-5-4-6-15(12-14)26(28)29/h2-8,11-12H,9-10H2,1H3,(H,23,27)(H,22,24,25). The maximum absolute atomic E-state index is 12.2. The molecule has 0 saturated carbocycles. The highest BCUT2D eigenvalue weighted by atomic mass is 35.5. The molecule has 1 aromatic heterocycles. The number of hydrogen-bond acceptors (Lipinski definition) is 6. The molecule has 3 rings (SSSR count). The first-order valence-corrected chi connectivity index (χ1v) is 9.19. The highest BCUT2D eigenvalue weighted by Crippen LogP contribution is 2.22. The van der Waals surface area contributed by atoms with Crippen LogP contribution >= 0.6 is 11.6 Å². The summed E-state index contributed by atoms with van der Waals surface area (Å²) in [5.41, 5.74) is 1.66. The second-order valence-electron chi connectivity index (χ2n) is 6.19. The number of nitro benzene ring substituents is 1. The van der Waals surface area contributed by atoms with Crippen molar-refractivity contribution >= 4 is 29.0 Å². The van der Waals surface area contributed by atoms with Gasteiger partial charge >= 0.3 is 0 Å². The van der Waals surface area contributed by atoms with E-state index in [9.17, 15) is 14.9 Å². The number of carbonyl (C=O) groups is 1. The number of non-ortho nitro benzene ring substituents is 1.